The van der Waals surface area contributed by atoms with Gasteiger partial charge in [0.1, 0.15) is 11.6 Å². The van der Waals surface area contributed by atoms with Crippen molar-refractivity contribution in [2.75, 3.05) is 17.1 Å². The van der Waals surface area contributed by atoms with Crippen molar-refractivity contribution in [3.8, 4) is 5.75 Å². The summed E-state index contributed by atoms with van der Waals surface area (Å²) in [5.74, 6) is 0.860. The van der Waals surface area contributed by atoms with Crippen molar-refractivity contribution in [2.45, 2.75) is 25.2 Å². The molecule has 0 spiro atoms. The lowest BCUT2D eigenvalue weighted by Gasteiger charge is -2.12. The van der Waals surface area contributed by atoms with E-state index in [1.165, 1.54) is 11.6 Å². The van der Waals surface area contributed by atoms with Crippen molar-refractivity contribution < 1.29 is 13.2 Å². The normalized spacial score (nSPS) is 11.1. The van der Waals surface area contributed by atoms with Crippen LogP contribution in [0.2, 0.25) is 0 Å². The van der Waals surface area contributed by atoms with Gasteiger partial charge in [0.2, 0.25) is 0 Å². The Morgan fingerprint density at radius 2 is 1.71 bits per heavy atom. The van der Waals surface area contributed by atoms with E-state index in [1.54, 1.807) is 44.5 Å². The third kappa shape index (κ3) is 4.61. The minimum absolute atomic E-state index is 0.188. The summed E-state index contributed by atoms with van der Waals surface area (Å²) in [6, 6.07) is 16.4. The summed E-state index contributed by atoms with van der Waals surface area (Å²) in [7, 11) is -2.20. The zero-order valence-corrected chi connectivity index (χ0v) is 16.9. The number of hydrogen-bond acceptors (Lipinski definition) is 5. The molecule has 1 heterocycles. The highest BCUT2D eigenvalue weighted by atomic mass is 32.2. The Labute approximate surface area is 165 Å². The molecule has 0 aliphatic rings. The van der Waals surface area contributed by atoms with Crippen LogP contribution in [0.4, 0.5) is 17.2 Å². The van der Waals surface area contributed by atoms with Crippen molar-refractivity contribution in [3.63, 3.8) is 0 Å². The first-order chi connectivity index (χ1) is 13.4. The number of hydrogen-bond donors (Lipinski definition) is 2. The Kier molecular flexibility index (Phi) is 5.84. The van der Waals surface area contributed by atoms with E-state index >= 15 is 0 Å². The molecule has 6 nitrogen and oxygen atoms in total. The molecule has 0 amide bonds. The molecule has 0 bridgehead atoms. The Hall–Kier alpha value is -3.06. The van der Waals surface area contributed by atoms with Crippen LogP contribution in [0.1, 0.15) is 18.1 Å². The first kappa shape index (κ1) is 19.7. The molecule has 28 heavy (non-hydrogen) atoms. The lowest BCUT2D eigenvalue weighted by molar-refractivity contribution is 0.414. The van der Waals surface area contributed by atoms with E-state index in [4.69, 9.17) is 4.74 Å². The average Bonchev–Trinajstić information content (AvgIpc) is 2.69. The predicted octanol–water partition coefficient (Wildman–Crippen LogP) is 4.51. The second-order valence-corrected chi connectivity index (χ2v) is 8.00. The maximum Gasteiger partial charge on any atom is 0.263 e. The van der Waals surface area contributed by atoms with Crippen LogP contribution < -0.4 is 14.8 Å². The van der Waals surface area contributed by atoms with Gasteiger partial charge in [0.15, 0.2) is 0 Å². The lowest BCUT2D eigenvalue weighted by Crippen LogP contribution is -2.15. The third-order valence-electron chi connectivity index (χ3n) is 4.32. The molecule has 1 aromatic heterocycles. The number of benzene rings is 2. The number of pyridine rings is 1. The quantitative estimate of drug-likeness (QED) is 0.613. The molecule has 146 valence electrons. The van der Waals surface area contributed by atoms with E-state index in [2.05, 4.69) is 34.1 Å². The van der Waals surface area contributed by atoms with Crippen LogP contribution in [-0.2, 0) is 16.4 Å². The van der Waals surface area contributed by atoms with Gasteiger partial charge in [0.25, 0.3) is 10.0 Å². The molecule has 2 aromatic carbocycles. The maximum atomic E-state index is 12.7. The average molecular weight is 398 g/mol. The van der Waals surface area contributed by atoms with Crippen LogP contribution in [0.3, 0.4) is 0 Å². The zero-order valence-electron chi connectivity index (χ0n) is 16.1. The number of sulfonamides is 1. The van der Waals surface area contributed by atoms with Crippen LogP contribution in [-0.4, -0.2) is 20.5 Å². The van der Waals surface area contributed by atoms with E-state index in [-0.39, 0.29) is 10.7 Å². The van der Waals surface area contributed by atoms with Crippen molar-refractivity contribution in [3.05, 3.63) is 71.9 Å². The van der Waals surface area contributed by atoms with Gasteiger partial charge in [0.05, 0.1) is 23.9 Å². The number of ether oxygens (including phenoxy) is 1. The summed E-state index contributed by atoms with van der Waals surface area (Å²) in [4.78, 5) is 4.39. The minimum Gasteiger partial charge on any atom is -0.497 e. The lowest BCUT2D eigenvalue weighted by atomic mass is 10.1. The molecule has 0 aliphatic heterocycles. The third-order valence-corrected chi connectivity index (χ3v) is 5.84. The fraction of sp³-hybridized carbons (Fsp3) is 0.190. The molecule has 0 fully saturated rings. The van der Waals surface area contributed by atoms with Gasteiger partial charge in [0, 0.05) is 5.69 Å². The predicted molar refractivity (Wildman–Crippen MR) is 112 cm³/mol. The molecular weight excluding hydrogens is 374 g/mol. The largest absolute Gasteiger partial charge is 0.497 e. The van der Waals surface area contributed by atoms with Crippen molar-refractivity contribution in [1.29, 1.82) is 0 Å². The van der Waals surface area contributed by atoms with Crippen LogP contribution in [0, 0.1) is 6.92 Å². The molecule has 7 heteroatoms. The molecule has 3 aromatic rings. The fourth-order valence-corrected chi connectivity index (χ4v) is 4.00. The maximum absolute atomic E-state index is 12.7. The van der Waals surface area contributed by atoms with Gasteiger partial charge in [-0.25, -0.2) is 13.4 Å². The summed E-state index contributed by atoms with van der Waals surface area (Å²) in [6.07, 6.45) is 2.58. The first-order valence-corrected chi connectivity index (χ1v) is 10.4. The van der Waals surface area contributed by atoms with Crippen LogP contribution in [0.15, 0.2) is 65.7 Å². The Bertz CT molecular complexity index is 1050. The standard InChI is InChI=1S/C21H23N3O3S/c1-4-16-5-7-17(8-6-16)23-18-9-12-21(22-14-18)24-28(25,26)20-11-10-19(27-3)13-15(20)2/h5-14,23H,4H2,1-3H3,(H,22,24). The second kappa shape index (κ2) is 8.31. The fourth-order valence-electron chi connectivity index (χ4n) is 2.76. The summed E-state index contributed by atoms with van der Waals surface area (Å²) in [6.45, 7) is 3.83. The van der Waals surface area contributed by atoms with Crippen LogP contribution in [0.5, 0.6) is 5.75 Å². The van der Waals surface area contributed by atoms with E-state index in [0.29, 0.717) is 11.3 Å². The molecule has 0 radical (unpaired) electrons. The number of nitrogens with one attached hydrogen (secondary N) is 2. The highest BCUT2D eigenvalue weighted by Crippen LogP contribution is 2.23. The summed E-state index contributed by atoms with van der Waals surface area (Å²) in [5.41, 5.74) is 3.58. The van der Waals surface area contributed by atoms with E-state index in [1.807, 2.05) is 12.1 Å². The molecule has 0 saturated heterocycles. The highest BCUT2D eigenvalue weighted by Gasteiger charge is 2.18. The van der Waals surface area contributed by atoms with Gasteiger partial charge in [-0.15, -0.1) is 0 Å². The monoisotopic (exact) mass is 397 g/mol. The molecule has 0 unspecified atom stereocenters. The van der Waals surface area contributed by atoms with Crippen LogP contribution >= 0.6 is 0 Å². The van der Waals surface area contributed by atoms with Gasteiger partial charge in [-0.2, -0.15) is 0 Å². The van der Waals surface area contributed by atoms with E-state index in [9.17, 15) is 8.42 Å². The Morgan fingerprint density at radius 3 is 2.29 bits per heavy atom. The van der Waals surface area contributed by atoms with Crippen LogP contribution in [0.25, 0.3) is 0 Å². The first-order valence-electron chi connectivity index (χ1n) is 8.91. The summed E-state index contributed by atoms with van der Waals surface area (Å²) >= 11 is 0. The Balaban J connectivity index is 1.72. The van der Waals surface area contributed by atoms with Crippen molar-refractivity contribution >= 4 is 27.2 Å². The number of methoxy groups -OCH3 is 1. The zero-order chi connectivity index (χ0) is 20.1. The SMILES string of the molecule is CCc1ccc(Nc2ccc(NS(=O)(=O)c3ccc(OC)cc3C)nc2)cc1. The van der Waals surface area contributed by atoms with Crippen molar-refractivity contribution in [2.24, 2.45) is 0 Å². The molecule has 0 saturated carbocycles. The smallest absolute Gasteiger partial charge is 0.263 e. The molecule has 3 rings (SSSR count). The molecular formula is C21H23N3O3S. The molecule has 0 atom stereocenters. The van der Waals surface area contributed by atoms with Gasteiger partial charge >= 0.3 is 0 Å². The van der Waals surface area contributed by atoms with Gasteiger partial charge in [-0.05, 0) is 66.9 Å². The second-order valence-electron chi connectivity index (χ2n) is 6.34. The summed E-state index contributed by atoms with van der Waals surface area (Å²) in [5, 5.41) is 3.25. The minimum atomic E-state index is -3.74. The number of rotatable bonds is 7. The summed E-state index contributed by atoms with van der Waals surface area (Å²) < 4.78 is 32.9. The molecule has 0 aliphatic carbocycles. The van der Waals surface area contributed by atoms with E-state index < -0.39 is 10.0 Å². The molecule has 2 N–H and O–H groups in total. The topological polar surface area (TPSA) is 80.3 Å². The number of nitrogens with zero attached hydrogens (tertiary/aromatic N) is 1. The van der Waals surface area contributed by atoms with Gasteiger partial charge in [-0.1, -0.05) is 19.1 Å². The van der Waals surface area contributed by atoms with Crippen molar-refractivity contribution in [1.82, 2.24) is 4.98 Å². The Morgan fingerprint density at radius 1 is 1.00 bits per heavy atom. The number of aromatic nitrogens is 1. The van der Waals surface area contributed by atoms with Gasteiger partial charge < -0.3 is 10.1 Å². The number of aryl methyl sites for hydroxylation is 2. The number of anilines is 3. The van der Waals surface area contributed by atoms with E-state index in [0.717, 1.165) is 17.8 Å². The van der Waals surface area contributed by atoms with Gasteiger partial charge in [-0.3, -0.25) is 4.72 Å². The highest BCUT2D eigenvalue weighted by molar-refractivity contribution is 7.92.